The van der Waals surface area contributed by atoms with Crippen LogP contribution in [0.1, 0.15) is 52.4 Å². The number of hydrogen-bond donors (Lipinski definition) is 3. The zero-order valence-corrected chi connectivity index (χ0v) is 17.7. The van der Waals surface area contributed by atoms with Crippen molar-refractivity contribution in [1.29, 1.82) is 0 Å². The van der Waals surface area contributed by atoms with Crippen LogP contribution in [-0.2, 0) is 19.1 Å². The standard InChI is InChI=1S/C21H36N2O6/c1-4-18(12-8-6-7-11-15-24)16-29-21(27)23-19(20(26)28-5-2)13-9-10-14-22-17(3)25/h4,6-7,18-19,24H,1,5,8-16H2,2-3H3,(H,22,25)(H,23,27)/b7-6+. The van der Waals surface area contributed by atoms with Gasteiger partial charge in [-0.15, -0.1) is 6.58 Å². The molecule has 0 saturated carbocycles. The Labute approximate surface area is 173 Å². The molecule has 166 valence electrons. The van der Waals surface area contributed by atoms with E-state index in [4.69, 9.17) is 14.6 Å². The first-order valence-corrected chi connectivity index (χ1v) is 10.2. The smallest absolute Gasteiger partial charge is 0.407 e. The molecule has 29 heavy (non-hydrogen) atoms. The zero-order chi connectivity index (χ0) is 21.9. The molecule has 0 heterocycles. The van der Waals surface area contributed by atoms with E-state index in [2.05, 4.69) is 17.2 Å². The topological polar surface area (TPSA) is 114 Å². The van der Waals surface area contributed by atoms with Gasteiger partial charge in [-0.3, -0.25) is 4.79 Å². The molecule has 0 spiro atoms. The van der Waals surface area contributed by atoms with Gasteiger partial charge in [0.25, 0.3) is 0 Å². The molecular weight excluding hydrogens is 376 g/mol. The molecule has 2 atom stereocenters. The number of rotatable bonds is 16. The molecule has 0 aliphatic carbocycles. The third-order valence-corrected chi connectivity index (χ3v) is 4.09. The summed E-state index contributed by atoms with van der Waals surface area (Å²) in [5.41, 5.74) is 0. The largest absolute Gasteiger partial charge is 0.464 e. The fourth-order valence-electron chi connectivity index (χ4n) is 2.49. The molecule has 0 aromatic carbocycles. The predicted molar refractivity (Wildman–Crippen MR) is 111 cm³/mol. The van der Waals surface area contributed by atoms with Crippen molar-refractivity contribution in [3.8, 4) is 0 Å². The van der Waals surface area contributed by atoms with Crippen molar-refractivity contribution in [1.82, 2.24) is 10.6 Å². The highest BCUT2D eigenvalue weighted by Crippen LogP contribution is 2.10. The van der Waals surface area contributed by atoms with Gasteiger partial charge in [-0.2, -0.15) is 0 Å². The van der Waals surface area contributed by atoms with E-state index in [1.807, 2.05) is 12.2 Å². The van der Waals surface area contributed by atoms with E-state index >= 15 is 0 Å². The van der Waals surface area contributed by atoms with Crippen molar-refractivity contribution in [2.24, 2.45) is 5.92 Å². The van der Waals surface area contributed by atoms with Gasteiger partial charge in [0, 0.05) is 26.0 Å². The number of alkyl carbamates (subject to hydrolysis) is 1. The van der Waals surface area contributed by atoms with Crippen LogP contribution >= 0.6 is 0 Å². The Morgan fingerprint density at radius 1 is 1.10 bits per heavy atom. The van der Waals surface area contributed by atoms with Gasteiger partial charge in [-0.05, 0) is 45.4 Å². The maximum Gasteiger partial charge on any atom is 0.407 e. The molecule has 8 nitrogen and oxygen atoms in total. The Kier molecular flexibility index (Phi) is 16.3. The molecule has 8 heteroatoms. The van der Waals surface area contributed by atoms with Gasteiger partial charge in [-0.1, -0.05) is 18.2 Å². The quantitative estimate of drug-likeness (QED) is 0.204. The Morgan fingerprint density at radius 3 is 2.45 bits per heavy atom. The maximum atomic E-state index is 12.1. The van der Waals surface area contributed by atoms with Gasteiger partial charge in [-0.25, -0.2) is 9.59 Å². The molecule has 0 aromatic rings. The van der Waals surface area contributed by atoms with Crippen molar-refractivity contribution >= 4 is 18.0 Å². The minimum absolute atomic E-state index is 0.00164. The molecule has 0 fully saturated rings. The summed E-state index contributed by atoms with van der Waals surface area (Å²) in [4.78, 5) is 35.0. The number of unbranched alkanes of at least 4 members (excludes halogenated alkanes) is 1. The summed E-state index contributed by atoms with van der Waals surface area (Å²) < 4.78 is 10.3. The lowest BCUT2D eigenvalue weighted by Gasteiger charge is -2.18. The third kappa shape index (κ3) is 15.3. The first-order chi connectivity index (χ1) is 13.9. The number of carbonyl (C=O) groups is 3. The van der Waals surface area contributed by atoms with Gasteiger partial charge < -0.3 is 25.2 Å². The molecule has 2 amide bonds. The molecule has 0 aromatic heterocycles. The van der Waals surface area contributed by atoms with Crippen molar-refractivity contribution in [3.05, 3.63) is 24.8 Å². The normalized spacial score (nSPS) is 12.8. The van der Waals surface area contributed by atoms with Crippen LogP contribution in [0.15, 0.2) is 24.8 Å². The third-order valence-electron chi connectivity index (χ3n) is 4.09. The minimum Gasteiger partial charge on any atom is -0.464 e. The van der Waals surface area contributed by atoms with E-state index in [9.17, 15) is 14.4 Å². The fraction of sp³-hybridized carbons (Fsp3) is 0.667. The number of amides is 2. The summed E-state index contributed by atoms with van der Waals surface area (Å²) in [5, 5.41) is 14.0. The number of esters is 1. The van der Waals surface area contributed by atoms with Crippen molar-refractivity contribution in [2.45, 2.75) is 58.4 Å². The van der Waals surface area contributed by atoms with Gasteiger partial charge in [0.1, 0.15) is 6.04 Å². The Hall–Kier alpha value is -2.35. The van der Waals surface area contributed by atoms with Crippen LogP contribution in [0.3, 0.4) is 0 Å². The van der Waals surface area contributed by atoms with Gasteiger partial charge in [0.05, 0.1) is 13.2 Å². The number of aliphatic hydroxyl groups excluding tert-OH is 1. The number of nitrogens with one attached hydrogen (secondary N) is 2. The van der Waals surface area contributed by atoms with E-state index in [0.29, 0.717) is 32.2 Å². The highest BCUT2D eigenvalue weighted by atomic mass is 16.6. The molecule has 0 aliphatic rings. The van der Waals surface area contributed by atoms with Crippen LogP contribution in [0.25, 0.3) is 0 Å². The lowest BCUT2D eigenvalue weighted by atomic mass is 10.0. The fourth-order valence-corrected chi connectivity index (χ4v) is 2.49. The van der Waals surface area contributed by atoms with E-state index in [0.717, 1.165) is 12.8 Å². The van der Waals surface area contributed by atoms with E-state index in [1.54, 1.807) is 13.0 Å². The first kappa shape index (κ1) is 26.6. The van der Waals surface area contributed by atoms with Crippen molar-refractivity contribution < 1.29 is 29.0 Å². The van der Waals surface area contributed by atoms with Crippen LogP contribution in [0.2, 0.25) is 0 Å². The molecule has 0 rings (SSSR count). The molecule has 0 saturated heterocycles. The van der Waals surface area contributed by atoms with Crippen LogP contribution in [0.5, 0.6) is 0 Å². The Balaban J connectivity index is 4.38. The summed E-state index contributed by atoms with van der Waals surface area (Å²) in [7, 11) is 0. The first-order valence-electron chi connectivity index (χ1n) is 10.2. The van der Waals surface area contributed by atoms with Crippen LogP contribution in [-0.4, -0.2) is 55.5 Å². The highest BCUT2D eigenvalue weighted by Gasteiger charge is 2.22. The average Bonchev–Trinajstić information content (AvgIpc) is 2.68. The van der Waals surface area contributed by atoms with Crippen molar-refractivity contribution in [2.75, 3.05) is 26.4 Å². The second kappa shape index (κ2) is 17.7. The SMILES string of the molecule is C=CC(CC/C=C/CCO)COC(=O)NC(CCCCNC(C)=O)C(=O)OCC. The minimum atomic E-state index is -0.789. The van der Waals surface area contributed by atoms with Gasteiger partial charge >= 0.3 is 12.1 Å². The van der Waals surface area contributed by atoms with Gasteiger partial charge in [0.2, 0.25) is 5.91 Å². The second-order valence-electron chi connectivity index (χ2n) is 6.58. The Morgan fingerprint density at radius 2 is 1.83 bits per heavy atom. The summed E-state index contributed by atoms with van der Waals surface area (Å²) in [5.74, 6) is -0.606. The van der Waals surface area contributed by atoms with Gasteiger partial charge in [0.15, 0.2) is 0 Å². The maximum absolute atomic E-state index is 12.1. The summed E-state index contributed by atoms with van der Waals surface area (Å²) >= 11 is 0. The summed E-state index contributed by atoms with van der Waals surface area (Å²) in [6.07, 6.45) is 8.85. The summed E-state index contributed by atoms with van der Waals surface area (Å²) in [6, 6.07) is -0.789. The molecule has 0 aliphatic heterocycles. The summed E-state index contributed by atoms with van der Waals surface area (Å²) in [6.45, 7) is 7.94. The monoisotopic (exact) mass is 412 g/mol. The number of aliphatic hydroxyl groups is 1. The van der Waals surface area contributed by atoms with E-state index < -0.39 is 18.1 Å². The lowest BCUT2D eigenvalue weighted by Crippen LogP contribution is -2.42. The number of hydrogen-bond acceptors (Lipinski definition) is 6. The Bertz CT molecular complexity index is 521. The second-order valence-corrected chi connectivity index (χ2v) is 6.58. The number of ether oxygens (including phenoxy) is 2. The molecule has 2 unspecified atom stereocenters. The molecule has 0 bridgehead atoms. The molecular formula is C21H36N2O6. The van der Waals surface area contributed by atoms with Crippen LogP contribution < -0.4 is 10.6 Å². The van der Waals surface area contributed by atoms with Crippen LogP contribution in [0, 0.1) is 5.92 Å². The number of allylic oxidation sites excluding steroid dienone is 1. The number of carbonyl (C=O) groups excluding carboxylic acids is 3. The zero-order valence-electron chi connectivity index (χ0n) is 17.7. The van der Waals surface area contributed by atoms with E-state index in [1.165, 1.54) is 6.92 Å². The highest BCUT2D eigenvalue weighted by molar-refractivity contribution is 5.81. The molecule has 0 radical (unpaired) electrons. The molecule has 3 N–H and O–H groups in total. The lowest BCUT2D eigenvalue weighted by molar-refractivity contribution is -0.145. The van der Waals surface area contributed by atoms with Crippen LogP contribution in [0.4, 0.5) is 4.79 Å². The van der Waals surface area contributed by atoms with Crippen molar-refractivity contribution in [3.63, 3.8) is 0 Å². The predicted octanol–water partition coefficient (Wildman–Crippen LogP) is 2.47. The average molecular weight is 413 g/mol. The van der Waals surface area contributed by atoms with E-state index in [-0.39, 0.29) is 31.6 Å².